The summed E-state index contributed by atoms with van der Waals surface area (Å²) in [6.45, 7) is 3.92. The predicted molar refractivity (Wildman–Crippen MR) is 142 cm³/mol. The smallest absolute Gasteiger partial charge is 0.303 e. The molecule has 4 rings (SSSR count). The molecule has 2 heterocycles. The number of ether oxygens (including phenoxy) is 6. The van der Waals surface area contributed by atoms with Crippen LogP contribution in [0.4, 0.5) is 0 Å². The maximum absolute atomic E-state index is 13.7. The van der Waals surface area contributed by atoms with Crippen LogP contribution in [-0.2, 0) is 42.9 Å². The summed E-state index contributed by atoms with van der Waals surface area (Å²) < 4.78 is 39.4. The summed E-state index contributed by atoms with van der Waals surface area (Å²) in [5.41, 5.74) is -0.156. The lowest BCUT2D eigenvalue weighted by Gasteiger charge is -2.43. The quantitative estimate of drug-likeness (QED) is 0.302. The van der Waals surface area contributed by atoms with Gasteiger partial charge in [0, 0.05) is 33.3 Å². The fourth-order valence-corrected chi connectivity index (χ4v) is 4.47. The number of fused-ring (bicyclic) bond motifs is 1. The number of phenolic OH excluding ortho intramolecular Hbond substituents is 1. The van der Waals surface area contributed by atoms with Crippen molar-refractivity contribution in [3.8, 4) is 22.8 Å². The molecule has 13 heteroatoms. The minimum absolute atomic E-state index is 0.0949. The number of carbonyl (C=O) groups excluding carboxylic acids is 4. The van der Waals surface area contributed by atoms with Crippen molar-refractivity contribution in [1.82, 2.24) is 0 Å². The molecule has 0 unspecified atom stereocenters. The Labute approximate surface area is 238 Å². The molecular formula is C29H28O13. The largest absolute Gasteiger partial charge is 0.508 e. The summed E-state index contributed by atoms with van der Waals surface area (Å²) in [6.07, 6.45) is -7.46. The number of para-hydroxylation sites is 1. The highest BCUT2D eigenvalue weighted by molar-refractivity contribution is 5.82. The third kappa shape index (κ3) is 6.86. The SMILES string of the molecule is CC(=O)OC[C@H]1O[C@@H](Oc2c(-c3cccc(O)c3)oc3ccccc3c2=O)[C@H](OC(C)=O)[C@@H](OC(C)=O)[C@H]1OC(C)=O. The van der Waals surface area contributed by atoms with Gasteiger partial charge in [-0.1, -0.05) is 24.3 Å². The fraction of sp³-hybridized carbons (Fsp3) is 0.345. The van der Waals surface area contributed by atoms with Gasteiger partial charge in [-0.05, 0) is 24.3 Å². The zero-order valence-electron chi connectivity index (χ0n) is 23.1. The van der Waals surface area contributed by atoms with Crippen LogP contribution in [0.5, 0.6) is 11.5 Å². The van der Waals surface area contributed by atoms with Gasteiger partial charge in [0.25, 0.3) is 0 Å². The molecule has 0 radical (unpaired) electrons. The van der Waals surface area contributed by atoms with E-state index in [1.165, 1.54) is 24.3 Å². The number of rotatable bonds is 8. The number of hydrogen-bond donors (Lipinski definition) is 1. The van der Waals surface area contributed by atoms with E-state index in [-0.39, 0.29) is 33.8 Å². The van der Waals surface area contributed by atoms with Crippen molar-refractivity contribution >= 4 is 34.8 Å². The molecule has 0 aliphatic carbocycles. The lowest BCUT2D eigenvalue weighted by atomic mass is 9.98. The Bertz CT molecular complexity index is 1560. The van der Waals surface area contributed by atoms with E-state index in [2.05, 4.69) is 0 Å². The monoisotopic (exact) mass is 584 g/mol. The first-order chi connectivity index (χ1) is 19.9. The van der Waals surface area contributed by atoms with Crippen molar-refractivity contribution in [1.29, 1.82) is 0 Å². The average molecular weight is 585 g/mol. The molecule has 222 valence electrons. The maximum Gasteiger partial charge on any atom is 0.303 e. The van der Waals surface area contributed by atoms with Crippen LogP contribution in [0.1, 0.15) is 27.7 Å². The van der Waals surface area contributed by atoms with Crippen LogP contribution >= 0.6 is 0 Å². The Morgan fingerprint density at radius 2 is 1.45 bits per heavy atom. The first kappa shape index (κ1) is 30.1. The molecule has 1 aromatic heterocycles. The molecule has 3 aromatic rings. The Balaban J connectivity index is 1.88. The van der Waals surface area contributed by atoms with Crippen molar-refractivity contribution in [3.05, 3.63) is 58.8 Å². The number of aromatic hydroxyl groups is 1. The van der Waals surface area contributed by atoms with Crippen LogP contribution in [-0.4, -0.2) is 66.3 Å². The summed E-state index contributed by atoms with van der Waals surface area (Å²) in [4.78, 5) is 61.6. The number of esters is 4. The molecule has 0 bridgehead atoms. The third-order valence-corrected chi connectivity index (χ3v) is 6.05. The molecule has 5 atom stereocenters. The molecule has 1 saturated heterocycles. The van der Waals surface area contributed by atoms with Crippen molar-refractivity contribution in [2.45, 2.75) is 58.4 Å². The molecule has 1 fully saturated rings. The van der Waals surface area contributed by atoms with E-state index in [1.54, 1.807) is 24.3 Å². The predicted octanol–water partition coefficient (Wildman–Crippen LogP) is 2.63. The normalized spacial score (nSPS) is 21.7. The topological polar surface area (TPSA) is 174 Å². The van der Waals surface area contributed by atoms with Crippen LogP contribution in [0.15, 0.2) is 57.7 Å². The van der Waals surface area contributed by atoms with Gasteiger partial charge in [-0.15, -0.1) is 0 Å². The second-order valence-corrected chi connectivity index (χ2v) is 9.32. The van der Waals surface area contributed by atoms with Gasteiger partial charge in [0.2, 0.25) is 23.6 Å². The first-order valence-corrected chi connectivity index (χ1v) is 12.8. The zero-order valence-corrected chi connectivity index (χ0v) is 23.1. The van der Waals surface area contributed by atoms with Gasteiger partial charge in [0.05, 0.1) is 5.39 Å². The van der Waals surface area contributed by atoms with E-state index >= 15 is 0 Å². The summed E-state index contributed by atoms with van der Waals surface area (Å²) in [5, 5.41) is 10.2. The molecular weight excluding hydrogens is 556 g/mol. The highest BCUT2D eigenvalue weighted by Crippen LogP contribution is 2.36. The van der Waals surface area contributed by atoms with Gasteiger partial charge in [-0.2, -0.15) is 0 Å². The standard InChI is InChI=1S/C29H28O13/c1-14(30)36-13-22-25(37-15(2)31)27(38-16(3)32)28(39-17(4)33)29(41-22)42-26-23(35)20-10-5-6-11-21(20)40-24(26)18-8-7-9-19(34)12-18/h5-12,22,25,27-29,34H,13H2,1-4H3/t22-,25+,27+,28-,29+/m1/s1. The lowest BCUT2D eigenvalue weighted by Crippen LogP contribution is -2.63. The fourth-order valence-electron chi connectivity index (χ4n) is 4.47. The van der Waals surface area contributed by atoms with Gasteiger partial charge < -0.3 is 37.9 Å². The first-order valence-electron chi connectivity index (χ1n) is 12.8. The number of hydrogen-bond acceptors (Lipinski definition) is 13. The van der Waals surface area contributed by atoms with Crippen LogP contribution in [0, 0.1) is 0 Å². The van der Waals surface area contributed by atoms with E-state index in [0.717, 1.165) is 27.7 Å². The summed E-state index contributed by atoms with van der Waals surface area (Å²) in [7, 11) is 0. The summed E-state index contributed by atoms with van der Waals surface area (Å²) in [6, 6.07) is 12.2. The van der Waals surface area contributed by atoms with Crippen LogP contribution < -0.4 is 10.2 Å². The molecule has 0 amide bonds. The number of benzene rings is 2. The van der Waals surface area contributed by atoms with E-state index in [0.29, 0.717) is 0 Å². The average Bonchev–Trinajstić information content (AvgIpc) is 2.91. The van der Waals surface area contributed by atoms with Gasteiger partial charge in [0.1, 0.15) is 24.0 Å². The Morgan fingerprint density at radius 3 is 2.10 bits per heavy atom. The zero-order chi connectivity index (χ0) is 30.6. The molecule has 1 aliphatic heterocycles. The van der Waals surface area contributed by atoms with E-state index in [4.69, 9.17) is 32.8 Å². The molecule has 13 nitrogen and oxygen atoms in total. The second-order valence-electron chi connectivity index (χ2n) is 9.32. The van der Waals surface area contributed by atoms with E-state index in [9.17, 15) is 29.1 Å². The van der Waals surface area contributed by atoms with Gasteiger partial charge >= 0.3 is 23.9 Å². The molecule has 0 spiro atoms. The van der Waals surface area contributed by atoms with E-state index in [1.807, 2.05) is 0 Å². The lowest BCUT2D eigenvalue weighted by molar-refractivity contribution is -0.288. The Morgan fingerprint density at radius 1 is 0.810 bits per heavy atom. The Kier molecular flexibility index (Phi) is 9.11. The molecule has 42 heavy (non-hydrogen) atoms. The number of phenols is 1. The Hall–Kier alpha value is -4.91. The highest BCUT2D eigenvalue weighted by Gasteiger charge is 2.53. The second kappa shape index (κ2) is 12.7. The van der Waals surface area contributed by atoms with Crippen molar-refractivity contribution in [2.24, 2.45) is 0 Å². The molecule has 2 aromatic carbocycles. The minimum Gasteiger partial charge on any atom is -0.508 e. The third-order valence-electron chi connectivity index (χ3n) is 6.05. The molecule has 1 aliphatic rings. The highest BCUT2D eigenvalue weighted by atomic mass is 16.7. The van der Waals surface area contributed by atoms with Crippen LogP contribution in [0.2, 0.25) is 0 Å². The van der Waals surface area contributed by atoms with Gasteiger partial charge in [-0.3, -0.25) is 24.0 Å². The van der Waals surface area contributed by atoms with Crippen molar-refractivity contribution in [3.63, 3.8) is 0 Å². The van der Waals surface area contributed by atoms with Crippen LogP contribution in [0.25, 0.3) is 22.3 Å². The summed E-state index contributed by atoms with van der Waals surface area (Å²) >= 11 is 0. The number of carbonyl (C=O) groups is 4. The maximum atomic E-state index is 13.7. The van der Waals surface area contributed by atoms with Crippen LogP contribution in [0.3, 0.4) is 0 Å². The van der Waals surface area contributed by atoms with E-state index < -0.39 is 66.6 Å². The molecule has 0 saturated carbocycles. The van der Waals surface area contributed by atoms with Crippen molar-refractivity contribution < 1.29 is 57.1 Å². The van der Waals surface area contributed by atoms with Gasteiger partial charge in [0.15, 0.2) is 18.0 Å². The summed E-state index contributed by atoms with van der Waals surface area (Å²) in [5.74, 6) is -3.76. The van der Waals surface area contributed by atoms with Crippen molar-refractivity contribution in [2.75, 3.05) is 6.61 Å². The molecule has 1 N–H and O–H groups in total. The minimum atomic E-state index is -1.68. The van der Waals surface area contributed by atoms with Gasteiger partial charge in [-0.25, -0.2) is 0 Å².